The van der Waals surface area contributed by atoms with Crippen LogP contribution in [0, 0.1) is 13.8 Å². The van der Waals surface area contributed by atoms with Gasteiger partial charge in [0, 0.05) is 24.1 Å². The first-order valence-corrected chi connectivity index (χ1v) is 7.67. The topological polar surface area (TPSA) is 15.3 Å². The summed E-state index contributed by atoms with van der Waals surface area (Å²) in [6.45, 7) is 5.50. The molecule has 1 rings (SSSR count). The predicted molar refractivity (Wildman–Crippen MR) is 83.6 cm³/mol. The van der Waals surface area contributed by atoms with E-state index in [-0.39, 0.29) is 0 Å². The summed E-state index contributed by atoms with van der Waals surface area (Å²) in [4.78, 5) is 2.23. The molecule has 0 aliphatic heterocycles. The Morgan fingerprint density at radius 2 is 2.00 bits per heavy atom. The van der Waals surface area contributed by atoms with Crippen molar-refractivity contribution in [3.63, 3.8) is 0 Å². The van der Waals surface area contributed by atoms with E-state index in [1.807, 2.05) is 11.8 Å². The SMILES string of the molecule is CNC(CSCCN(C)C)c1ccc(C)cc1C. The summed E-state index contributed by atoms with van der Waals surface area (Å²) in [6.07, 6.45) is 0. The Bertz CT molecular complexity index is 364. The maximum absolute atomic E-state index is 3.43. The van der Waals surface area contributed by atoms with Crippen LogP contribution in [0.3, 0.4) is 0 Å². The first kappa shape index (κ1) is 15.5. The molecule has 0 fully saturated rings. The van der Waals surface area contributed by atoms with Gasteiger partial charge in [0.1, 0.15) is 0 Å². The summed E-state index contributed by atoms with van der Waals surface area (Å²) in [5.41, 5.74) is 4.16. The van der Waals surface area contributed by atoms with E-state index < -0.39 is 0 Å². The van der Waals surface area contributed by atoms with Gasteiger partial charge in [0.05, 0.1) is 0 Å². The maximum atomic E-state index is 3.43. The van der Waals surface area contributed by atoms with Crippen molar-refractivity contribution in [2.45, 2.75) is 19.9 Å². The van der Waals surface area contributed by atoms with E-state index in [2.05, 4.69) is 63.4 Å². The molecule has 1 aromatic carbocycles. The Hall–Kier alpha value is -0.510. The number of nitrogens with one attached hydrogen (secondary N) is 1. The minimum absolute atomic E-state index is 0.456. The van der Waals surface area contributed by atoms with Crippen LogP contribution >= 0.6 is 11.8 Å². The molecule has 0 saturated heterocycles. The standard InChI is InChI=1S/C15H26N2S/c1-12-6-7-14(13(2)10-12)15(16-3)11-18-9-8-17(4)5/h6-7,10,15-16H,8-9,11H2,1-5H3. The number of aryl methyl sites for hydroxylation is 2. The number of hydrogen-bond donors (Lipinski definition) is 1. The van der Waals surface area contributed by atoms with Crippen LogP contribution in [0.1, 0.15) is 22.7 Å². The molecule has 0 radical (unpaired) electrons. The van der Waals surface area contributed by atoms with Crippen molar-refractivity contribution in [1.29, 1.82) is 0 Å². The van der Waals surface area contributed by atoms with Crippen LogP contribution in [0.2, 0.25) is 0 Å². The van der Waals surface area contributed by atoms with Gasteiger partial charge in [-0.2, -0.15) is 11.8 Å². The van der Waals surface area contributed by atoms with E-state index in [4.69, 9.17) is 0 Å². The number of nitrogens with zero attached hydrogens (tertiary/aromatic N) is 1. The minimum atomic E-state index is 0.456. The van der Waals surface area contributed by atoms with E-state index >= 15 is 0 Å². The van der Waals surface area contributed by atoms with Crippen molar-refractivity contribution in [3.8, 4) is 0 Å². The number of rotatable bonds is 7. The van der Waals surface area contributed by atoms with Gasteiger partial charge in [0.25, 0.3) is 0 Å². The third-order valence-electron chi connectivity index (χ3n) is 3.12. The maximum Gasteiger partial charge on any atom is 0.0412 e. The second-order valence-electron chi connectivity index (χ2n) is 5.08. The fourth-order valence-corrected chi connectivity index (χ4v) is 3.24. The normalized spacial score (nSPS) is 13.0. The monoisotopic (exact) mass is 266 g/mol. The average Bonchev–Trinajstić information content (AvgIpc) is 2.30. The molecular formula is C15H26N2S. The van der Waals surface area contributed by atoms with Gasteiger partial charge < -0.3 is 10.2 Å². The lowest BCUT2D eigenvalue weighted by molar-refractivity contribution is 0.437. The molecule has 1 aromatic rings. The summed E-state index contributed by atoms with van der Waals surface area (Å²) >= 11 is 2.02. The zero-order valence-electron chi connectivity index (χ0n) is 12.3. The molecule has 0 aliphatic rings. The van der Waals surface area contributed by atoms with Gasteiger partial charge in [0.15, 0.2) is 0 Å². The minimum Gasteiger partial charge on any atom is -0.312 e. The lowest BCUT2D eigenvalue weighted by Gasteiger charge is -2.19. The first-order chi connectivity index (χ1) is 8.54. The summed E-state index contributed by atoms with van der Waals surface area (Å²) in [5.74, 6) is 2.32. The third kappa shape index (κ3) is 5.01. The van der Waals surface area contributed by atoms with Gasteiger partial charge in [-0.25, -0.2) is 0 Å². The molecule has 18 heavy (non-hydrogen) atoms. The Morgan fingerprint density at radius 3 is 2.56 bits per heavy atom. The summed E-state index contributed by atoms with van der Waals surface area (Å²) in [5, 5.41) is 3.43. The Balaban J connectivity index is 2.54. The van der Waals surface area contributed by atoms with Crippen LogP contribution in [0.5, 0.6) is 0 Å². The van der Waals surface area contributed by atoms with Crippen LogP contribution in [-0.4, -0.2) is 44.1 Å². The molecule has 0 aromatic heterocycles. The Kier molecular flexibility index (Phi) is 6.76. The molecule has 0 amide bonds. The van der Waals surface area contributed by atoms with E-state index in [9.17, 15) is 0 Å². The van der Waals surface area contributed by atoms with E-state index in [1.165, 1.54) is 22.4 Å². The van der Waals surface area contributed by atoms with Crippen LogP contribution in [0.4, 0.5) is 0 Å². The van der Waals surface area contributed by atoms with Gasteiger partial charge in [-0.15, -0.1) is 0 Å². The van der Waals surface area contributed by atoms with Gasteiger partial charge >= 0.3 is 0 Å². The molecule has 0 heterocycles. The number of benzene rings is 1. The molecule has 102 valence electrons. The van der Waals surface area contributed by atoms with Gasteiger partial charge in [-0.3, -0.25) is 0 Å². The van der Waals surface area contributed by atoms with Gasteiger partial charge in [-0.05, 0) is 46.1 Å². The fourth-order valence-electron chi connectivity index (χ4n) is 1.99. The highest BCUT2D eigenvalue weighted by molar-refractivity contribution is 7.99. The molecular weight excluding hydrogens is 240 g/mol. The van der Waals surface area contributed by atoms with Crippen molar-refractivity contribution >= 4 is 11.8 Å². The molecule has 1 N–H and O–H groups in total. The molecule has 1 unspecified atom stereocenters. The van der Waals surface area contributed by atoms with Crippen LogP contribution in [0.25, 0.3) is 0 Å². The second kappa shape index (κ2) is 7.82. The predicted octanol–water partition coefficient (Wildman–Crippen LogP) is 2.86. The second-order valence-corrected chi connectivity index (χ2v) is 6.23. The van der Waals surface area contributed by atoms with Gasteiger partial charge in [-0.1, -0.05) is 23.8 Å². The van der Waals surface area contributed by atoms with Crippen LogP contribution in [0.15, 0.2) is 18.2 Å². The van der Waals surface area contributed by atoms with Crippen molar-refractivity contribution < 1.29 is 0 Å². The summed E-state index contributed by atoms with van der Waals surface area (Å²) in [7, 11) is 6.30. The molecule has 0 bridgehead atoms. The first-order valence-electron chi connectivity index (χ1n) is 6.51. The van der Waals surface area contributed by atoms with Crippen LogP contribution < -0.4 is 5.32 Å². The zero-order chi connectivity index (χ0) is 13.5. The largest absolute Gasteiger partial charge is 0.312 e. The third-order valence-corrected chi connectivity index (χ3v) is 4.16. The lowest BCUT2D eigenvalue weighted by atomic mass is 10.0. The van der Waals surface area contributed by atoms with Crippen molar-refractivity contribution in [2.75, 3.05) is 39.2 Å². The Morgan fingerprint density at radius 1 is 1.28 bits per heavy atom. The summed E-state index contributed by atoms with van der Waals surface area (Å²) in [6, 6.07) is 7.19. The smallest absolute Gasteiger partial charge is 0.0412 e. The van der Waals surface area contributed by atoms with E-state index in [1.54, 1.807) is 0 Å². The fraction of sp³-hybridized carbons (Fsp3) is 0.600. The number of hydrogen-bond acceptors (Lipinski definition) is 3. The molecule has 0 aliphatic carbocycles. The van der Waals surface area contributed by atoms with E-state index in [0.717, 1.165) is 12.3 Å². The molecule has 0 spiro atoms. The molecule has 3 heteroatoms. The molecule has 2 nitrogen and oxygen atoms in total. The Labute approximate surface area is 116 Å². The van der Waals surface area contributed by atoms with Crippen molar-refractivity contribution in [1.82, 2.24) is 10.2 Å². The van der Waals surface area contributed by atoms with E-state index in [0.29, 0.717) is 6.04 Å². The lowest BCUT2D eigenvalue weighted by Crippen LogP contribution is -2.21. The summed E-state index contributed by atoms with van der Waals surface area (Å²) < 4.78 is 0. The molecule has 0 saturated carbocycles. The quantitative estimate of drug-likeness (QED) is 0.764. The molecule has 1 atom stereocenters. The van der Waals surface area contributed by atoms with Crippen molar-refractivity contribution in [2.24, 2.45) is 0 Å². The number of thioether (sulfide) groups is 1. The van der Waals surface area contributed by atoms with Crippen LogP contribution in [-0.2, 0) is 0 Å². The van der Waals surface area contributed by atoms with Gasteiger partial charge in [0.2, 0.25) is 0 Å². The van der Waals surface area contributed by atoms with Crippen molar-refractivity contribution in [3.05, 3.63) is 34.9 Å². The zero-order valence-corrected chi connectivity index (χ0v) is 13.1. The highest BCUT2D eigenvalue weighted by Crippen LogP contribution is 2.22. The highest BCUT2D eigenvalue weighted by Gasteiger charge is 2.11. The highest BCUT2D eigenvalue weighted by atomic mass is 32.2. The average molecular weight is 266 g/mol.